The van der Waals surface area contributed by atoms with E-state index < -0.39 is 0 Å². The molecule has 0 saturated heterocycles. The largest absolute Gasteiger partial charge is 0.494 e. The van der Waals surface area contributed by atoms with Crippen molar-refractivity contribution in [2.24, 2.45) is 0 Å². The molecule has 1 N–H and O–H groups in total. The highest BCUT2D eigenvalue weighted by Gasteiger charge is 2.02. The zero-order valence-electron chi connectivity index (χ0n) is 11.8. The van der Waals surface area contributed by atoms with Gasteiger partial charge in [-0.05, 0) is 50.6 Å². The third-order valence-electron chi connectivity index (χ3n) is 3.00. The average Bonchev–Trinajstić information content (AvgIpc) is 2.43. The smallest absolute Gasteiger partial charge is 0.155 e. The second kappa shape index (κ2) is 8.48. The van der Waals surface area contributed by atoms with Crippen LogP contribution in [0.4, 0.5) is 0 Å². The Morgan fingerprint density at radius 3 is 3.00 bits per heavy atom. The summed E-state index contributed by atoms with van der Waals surface area (Å²) in [6, 6.07) is 8.55. The van der Waals surface area contributed by atoms with Gasteiger partial charge in [0.15, 0.2) is 5.78 Å². The second-order valence-corrected chi connectivity index (χ2v) is 4.66. The van der Waals surface area contributed by atoms with Crippen molar-refractivity contribution in [1.29, 1.82) is 0 Å². The van der Waals surface area contributed by atoms with Gasteiger partial charge in [0, 0.05) is 12.5 Å². The van der Waals surface area contributed by atoms with E-state index in [1.807, 2.05) is 19.2 Å². The van der Waals surface area contributed by atoms with E-state index in [1.165, 1.54) is 11.6 Å². The maximum atomic E-state index is 11.1. The lowest BCUT2D eigenvalue weighted by atomic mass is 10.1. The summed E-state index contributed by atoms with van der Waals surface area (Å²) in [6.07, 6.45) is 3.56. The van der Waals surface area contributed by atoms with Crippen molar-refractivity contribution in [3.8, 4) is 5.75 Å². The second-order valence-electron chi connectivity index (χ2n) is 4.66. The van der Waals surface area contributed by atoms with E-state index in [2.05, 4.69) is 31.0 Å². The molecule has 0 aliphatic rings. The summed E-state index contributed by atoms with van der Waals surface area (Å²) in [5.74, 6) is 0.937. The number of hydrogen-bond donors (Lipinski definition) is 1. The number of benzene rings is 1. The predicted molar refractivity (Wildman–Crippen MR) is 78.6 cm³/mol. The van der Waals surface area contributed by atoms with Gasteiger partial charge in [-0.25, -0.2) is 0 Å². The first-order chi connectivity index (χ1) is 9.15. The molecule has 3 heteroatoms. The van der Waals surface area contributed by atoms with Crippen LogP contribution in [0.15, 0.2) is 36.9 Å². The lowest BCUT2D eigenvalue weighted by Crippen LogP contribution is -2.23. The quantitative estimate of drug-likeness (QED) is 0.548. The van der Waals surface area contributed by atoms with Crippen LogP contribution in [-0.2, 0) is 11.2 Å². The number of ketones is 1. The van der Waals surface area contributed by atoms with Gasteiger partial charge in [0.1, 0.15) is 5.75 Å². The molecule has 0 unspecified atom stereocenters. The van der Waals surface area contributed by atoms with Crippen molar-refractivity contribution in [2.75, 3.05) is 13.7 Å². The molecule has 0 amide bonds. The third kappa shape index (κ3) is 6.20. The van der Waals surface area contributed by atoms with Crippen LogP contribution in [0.2, 0.25) is 0 Å². The van der Waals surface area contributed by atoms with Gasteiger partial charge in [-0.2, -0.15) is 0 Å². The number of hydrogen-bond acceptors (Lipinski definition) is 3. The number of nitrogens with one attached hydrogen (secondary N) is 1. The molecule has 1 atom stereocenters. The Kier molecular flexibility index (Phi) is 6.90. The number of carbonyl (C=O) groups is 1. The number of carbonyl (C=O) groups excluding carboxylic acids is 1. The summed E-state index contributed by atoms with van der Waals surface area (Å²) >= 11 is 0. The Labute approximate surface area is 115 Å². The van der Waals surface area contributed by atoms with Crippen LogP contribution in [0.3, 0.4) is 0 Å². The molecule has 0 bridgehead atoms. The normalized spacial score (nSPS) is 11.9. The summed E-state index contributed by atoms with van der Waals surface area (Å²) in [4.78, 5) is 11.1. The Bertz CT molecular complexity index is 415. The highest BCUT2D eigenvalue weighted by atomic mass is 16.5. The first-order valence-corrected chi connectivity index (χ1v) is 6.70. The van der Waals surface area contributed by atoms with Gasteiger partial charge in [0.2, 0.25) is 0 Å². The van der Waals surface area contributed by atoms with Gasteiger partial charge in [-0.1, -0.05) is 18.7 Å². The third-order valence-corrected chi connectivity index (χ3v) is 3.00. The molecular weight excluding hydrogens is 238 g/mol. The van der Waals surface area contributed by atoms with Crippen molar-refractivity contribution in [1.82, 2.24) is 5.32 Å². The fourth-order valence-electron chi connectivity index (χ4n) is 1.76. The van der Waals surface area contributed by atoms with Gasteiger partial charge in [0.05, 0.1) is 6.61 Å². The van der Waals surface area contributed by atoms with Crippen molar-refractivity contribution in [2.45, 2.75) is 32.2 Å². The first kappa shape index (κ1) is 15.4. The van der Waals surface area contributed by atoms with E-state index in [-0.39, 0.29) is 5.78 Å². The summed E-state index contributed by atoms with van der Waals surface area (Å²) in [5.41, 5.74) is 1.25. The highest BCUT2D eigenvalue weighted by Crippen LogP contribution is 2.15. The van der Waals surface area contributed by atoms with E-state index in [0.29, 0.717) is 19.1 Å². The fraction of sp³-hybridized carbons (Fsp3) is 0.438. The Morgan fingerprint density at radius 2 is 2.32 bits per heavy atom. The van der Waals surface area contributed by atoms with E-state index in [4.69, 9.17) is 4.74 Å². The molecule has 19 heavy (non-hydrogen) atoms. The van der Waals surface area contributed by atoms with E-state index >= 15 is 0 Å². The molecule has 1 aromatic rings. The lowest BCUT2D eigenvalue weighted by Gasteiger charge is -2.11. The Balaban J connectivity index is 2.39. The van der Waals surface area contributed by atoms with Crippen molar-refractivity contribution < 1.29 is 9.53 Å². The van der Waals surface area contributed by atoms with Crippen LogP contribution in [0.25, 0.3) is 0 Å². The molecule has 0 heterocycles. The molecule has 0 saturated carbocycles. The molecule has 0 aliphatic heterocycles. The number of ether oxygens (including phenoxy) is 1. The maximum absolute atomic E-state index is 11.1. The summed E-state index contributed by atoms with van der Waals surface area (Å²) in [7, 11) is 1.96. The highest BCUT2D eigenvalue weighted by molar-refractivity contribution is 5.88. The van der Waals surface area contributed by atoms with Gasteiger partial charge >= 0.3 is 0 Å². The zero-order chi connectivity index (χ0) is 14.1. The molecule has 0 aliphatic carbocycles. The van der Waals surface area contributed by atoms with Gasteiger partial charge in [-0.3, -0.25) is 4.79 Å². The van der Waals surface area contributed by atoms with Gasteiger partial charge < -0.3 is 10.1 Å². The van der Waals surface area contributed by atoms with Crippen molar-refractivity contribution >= 4 is 5.78 Å². The Morgan fingerprint density at radius 1 is 1.53 bits per heavy atom. The van der Waals surface area contributed by atoms with E-state index in [1.54, 1.807) is 0 Å². The summed E-state index contributed by atoms with van der Waals surface area (Å²) in [6.45, 7) is 6.16. The molecule has 3 nitrogen and oxygen atoms in total. The number of allylic oxidation sites excluding steroid dienone is 1. The molecule has 1 aromatic carbocycles. The maximum Gasteiger partial charge on any atom is 0.155 e. The minimum atomic E-state index is 0.0696. The summed E-state index contributed by atoms with van der Waals surface area (Å²) < 4.78 is 5.65. The van der Waals surface area contributed by atoms with Crippen molar-refractivity contribution in [3.63, 3.8) is 0 Å². The topological polar surface area (TPSA) is 38.3 Å². The van der Waals surface area contributed by atoms with Crippen LogP contribution in [0.5, 0.6) is 5.75 Å². The van der Waals surface area contributed by atoms with Crippen LogP contribution in [0, 0.1) is 0 Å². The molecule has 1 rings (SSSR count). The van der Waals surface area contributed by atoms with E-state index in [9.17, 15) is 4.79 Å². The van der Waals surface area contributed by atoms with E-state index in [0.717, 1.165) is 18.6 Å². The molecule has 0 fully saturated rings. The minimum Gasteiger partial charge on any atom is -0.494 e. The molecule has 0 radical (unpaired) electrons. The zero-order valence-corrected chi connectivity index (χ0v) is 11.8. The fourth-order valence-corrected chi connectivity index (χ4v) is 1.76. The lowest BCUT2D eigenvalue weighted by molar-refractivity contribution is -0.114. The predicted octanol–water partition coefficient (Wildman–Crippen LogP) is 2.75. The van der Waals surface area contributed by atoms with Crippen LogP contribution in [0.1, 0.15) is 25.3 Å². The molecular formula is C16H23NO2. The number of rotatable bonds is 9. The van der Waals surface area contributed by atoms with Crippen LogP contribution >= 0.6 is 0 Å². The molecule has 104 valence electrons. The monoisotopic (exact) mass is 261 g/mol. The SMILES string of the molecule is C=CC(=O)CCCOc1cccc(C[C@H](C)NC)c1. The van der Waals surface area contributed by atoms with Crippen molar-refractivity contribution in [3.05, 3.63) is 42.5 Å². The minimum absolute atomic E-state index is 0.0696. The average molecular weight is 261 g/mol. The molecule has 0 aromatic heterocycles. The van der Waals surface area contributed by atoms with Gasteiger partial charge in [0.25, 0.3) is 0 Å². The van der Waals surface area contributed by atoms with Crippen LogP contribution in [-0.4, -0.2) is 25.5 Å². The standard InChI is InChI=1S/C16H23NO2/c1-4-15(18)8-6-10-19-16-9-5-7-14(12-16)11-13(2)17-3/h4-5,7,9,12-13,17H,1,6,8,10-11H2,2-3H3/t13-/m0/s1. The molecule has 0 spiro atoms. The Hall–Kier alpha value is -1.61. The summed E-state index contributed by atoms with van der Waals surface area (Å²) in [5, 5.41) is 3.22. The van der Waals surface area contributed by atoms with Gasteiger partial charge in [-0.15, -0.1) is 0 Å². The number of likely N-dealkylation sites (N-methyl/N-ethyl adjacent to an activating group) is 1. The van der Waals surface area contributed by atoms with Crippen LogP contribution < -0.4 is 10.1 Å². The first-order valence-electron chi connectivity index (χ1n) is 6.70.